The molecule has 0 fully saturated rings. The molecule has 0 aromatic heterocycles. The summed E-state index contributed by atoms with van der Waals surface area (Å²) in [5.41, 5.74) is -4.72. The van der Waals surface area contributed by atoms with Crippen molar-refractivity contribution in [2.75, 3.05) is 5.32 Å². The minimum absolute atomic E-state index is 0.0594. The van der Waals surface area contributed by atoms with Crippen molar-refractivity contribution in [3.8, 4) is 0 Å². The Morgan fingerprint density at radius 3 is 1.88 bits per heavy atom. The van der Waals surface area contributed by atoms with E-state index in [4.69, 9.17) is 0 Å². The van der Waals surface area contributed by atoms with Crippen LogP contribution in [0.25, 0.3) is 0 Å². The Balaban J connectivity index is 1.74. The first kappa shape index (κ1) is 23.5. The molecule has 0 bridgehead atoms. The lowest BCUT2D eigenvalue weighted by Crippen LogP contribution is -2.22. The number of carbonyl (C=O) groups is 2. The van der Waals surface area contributed by atoms with E-state index < -0.39 is 55.6 Å². The van der Waals surface area contributed by atoms with Crippen molar-refractivity contribution < 1.29 is 44.3 Å². The lowest BCUT2D eigenvalue weighted by atomic mass is 10.0. The number of hydrogen-bond acceptors (Lipinski definition) is 4. The molecule has 34 heavy (non-hydrogen) atoms. The van der Waals surface area contributed by atoms with Crippen LogP contribution in [-0.2, 0) is 22.2 Å². The molecular weight excluding hydrogens is 488 g/mol. The normalized spacial score (nSPS) is 14.8. The van der Waals surface area contributed by atoms with Gasteiger partial charge in [-0.2, -0.15) is 26.3 Å². The highest BCUT2D eigenvalue weighted by molar-refractivity contribution is 7.91. The summed E-state index contributed by atoms with van der Waals surface area (Å²) in [7, 11) is -4.21. The Morgan fingerprint density at radius 2 is 1.29 bits per heavy atom. The number of hydrogen-bond donors (Lipinski definition) is 1. The highest BCUT2D eigenvalue weighted by atomic mass is 32.2. The van der Waals surface area contributed by atoms with Crippen molar-refractivity contribution in [1.82, 2.24) is 0 Å². The van der Waals surface area contributed by atoms with Crippen LogP contribution >= 0.6 is 0 Å². The molecule has 12 heteroatoms. The van der Waals surface area contributed by atoms with Crippen LogP contribution in [0.1, 0.15) is 37.4 Å². The summed E-state index contributed by atoms with van der Waals surface area (Å²) in [6.45, 7) is 0. The molecule has 1 heterocycles. The van der Waals surface area contributed by atoms with E-state index in [9.17, 15) is 44.3 Å². The second-order valence-electron chi connectivity index (χ2n) is 7.29. The average molecular weight is 499 g/mol. The largest absolute Gasteiger partial charge is 0.416 e. The van der Waals surface area contributed by atoms with E-state index in [0.29, 0.717) is 12.1 Å². The van der Waals surface area contributed by atoms with Crippen molar-refractivity contribution in [3.05, 3.63) is 88.5 Å². The number of carbonyl (C=O) groups excluding carboxylic acids is 2. The first-order chi connectivity index (χ1) is 15.7. The number of ketones is 1. The van der Waals surface area contributed by atoms with Gasteiger partial charge in [0.15, 0.2) is 5.78 Å². The Kier molecular flexibility index (Phi) is 5.31. The van der Waals surface area contributed by atoms with E-state index in [0.717, 1.165) is 18.2 Å². The first-order valence-corrected chi connectivity index (χ1v) is 10.8. The lowest BCUT2D eigenvalue weighted by Gasteiger charge is -2.19. The van der Waals surface area contributed by atoms with Crippen LogP contribution in [0.2, 0.25) is 0 Å². The van der Waals surface area contributed by atoms with Crippen molar-refractivity contribution in [2.24, 2.45) is 0 Å². The highest BCUT2D eigenvalue weighted by Gasteiger charge is 2.38. The minimum atomic E-state index is -5.12. The van der Waals surface area contributed by atoms with Crippen molar-refractivity contribution in [2.45, 2.75) is 22.1 Å². The number of rotatable bonds is 2. The highest BCUT2D eigenvalue weighted by Crippen LogP contribution is 2.38. The molecule has 1 aliphatic heterocycles. The number of sulfone groups is 1. The molecule has 1 amide bonds. The fourth-order valence-corrected chi connectivity index (χ4v) is 5.13. The van der Waals surface area contributed by atoms with E-state index in [-0.39, 0.29) is 27.7 Å². The SMILES string of the molecule is O=C(Nc1cc(C(F)(F)F)cc(C(F)(F)F)c1)c1ccc2c(c1)S(=O)(=O)c1ccccc1C2=O. The standard InChI is InChI=1S/C22H11F6NO4S/c23-21(24,25)12-8-13(22(26,27)28)10-14(9-12)29-20(31)11-5-6-16-18(7-11)34(32,33)17-4-2-1-3-15(17)19(16)30/h1-10H,(H,29,31). The fraction of sp³-hybridized carbons (Fsp3) is 0.0909. The molecule has 0 aliphatic carbocycles. The predicted molar refractivity (Wildman–Crippen MR) is 106 cm³/mol. The zero-order valence-corrected chi connectivity index (χ0v) is 17.4. The maximum atomic E-state index is 13.0. The number of amides is 1. The summed E-state index contributed by atoms with van der Waals surface area (Å²) in [5, 5.41) is 1.93. The van der Waals surface area contributed by atoms with Crippen molar-refractivity contribution in [3.63, 3.8) is 0 Å². The number of nitrogens with one attached hydrogen (secondary N) is 1. The molecule has 4 rings (SSSR count). The number of alkyl halides is 6. The van der Waals surface area contributed by atoms with Gasteiger partial charge in [0, 0.05) is 22.4 Å². The van der Waals surface area contributed by atoms with Gasteiger partial charge in [0.25, 0.3) is 5.91 Å². The second-order valence-corrected chi connectivity index (χ2v) is 9.17. The molecule has 0 radical (unpaired) electrons. The van der Waals surface area contributed by atoms with Crippen LogP contribution in [-0.4, -0.2) is 20.1 Å². The topological polar surface area (TPSA) is 80.3 Å². The van der Waals surface area contributed by atoms with Gasteiger partial charge in [0.2, 0.25) is 9.84 Å². The summed E-state index contributed by atoms with van der Waals surface area (Å²) in [6, 6.07) is 8.92. The summed E-state index contributed by atoms with van der Waals surface area (Å²) >= 11 is 0. The van der Waals surface area contributed by atoms with E-state index in [1.807, 2.05) is 5.32 Å². The smallest absolute Gasteiger partial charge is 0.322 e. The van der Waals surface area contributed by atoms with Gasteiger partial charge in [-0.05, 0) is 48.5 Å². The zero-order chi connectivity index (χ0) is 25.1. The minimum Gasteiger partial charge on any atom is -0.322 e. The average Bonchev–Trinajstić information content (AvgIpc) is 2.76. The fourth-order valence-electron chi connectivity index (χ4n) is 3.46. The Bertz CT molecular complexity index is 1430. The van der Waals surface area contributed by atoms with Gasteiger partial charge in [-0.1, -0.05) is 12.1 Å². The van der Waals surface area contributed by atoms with E-state index in [1.165, 1.54) is 24.3 Å². The van der Waals surface area contributed by atoms with E-state index >= 15 is 0 Å². The molecule has 5 nitrogen and oxygen atoms in total. The maximum Gasteiger partial charge on any atom is 0.416 e. The number of fused-ring (bicyclic) bond motifs is 2. The Morgan fingerprint density at radius 1 is 0.735 bits per heavy atom. The van der Waals surface area contributed by atoms with E-state index in [2.05, 4.69) is 0 Å². The van der Waals surface area contributed by atoms with Crippen LogP contribution in [0.4, 0.5) is 32.0 Å². The number of halogens is 6. The van der Waals surface area contributed by atoms with Crippen LogP contribution in [0.5, 0.6) is 0 Å². The van der Waals surface area contributed by atoms with Crippen LogP contribution in [0.3, 0.4) is 0 Å². The number of benzene rings is 3. The van der Waals surface area contributed by atoms with Crippen molar-refractivity contribution in [1.29, 1.82) is 0 Å². The van der Waals surface area contributed by atoms with Crippen LogP contribution in [0.15, 0.2) is 70.5 Å². The molecule has 3 aromatic rings. The van der Waals surface area contributed by atoms with Gasteiger partial charge in [-0.25, -0.2) is 8.42 Å². The summed E-state index contributed by atoms with van der Waals surface area (Å²) < 4.78 is 104. The Labute approximate surface area is 187 Å². The van der Waals surface area contributed by atoms with Crippen LogP contribution < -0.4 is 5.32 Å². The molecule has 0 unspecified atom stereocenters. The van der Waals surface area contributed by atoms with Gasteiger partial charge in [-0.15, -0.1) is 0 Å². The quantitative estimate of drug-likeness (QED) is 0.377. The summed E-state index contributed by atoms with van der Waals surface area (Å²) in [4.78, 5) is 24.5. The van der Waals surface area contributed by atoms with Crippen LogP contribution in [0, 0.1) is 0 Å². The van der Waals surface area contributed by atoms with Crippen molar-refractivity contribution >= 4 is 27.2 Å². The zero-order valence-electron chi connectivity index (χ0n) is 16.6. The Hall–Kier alpha value is -3.67. The maximum absolute atomic E-state index is 13.0. The van der Waals surface area contributed by atoms with Gasteiger partial charge in [-0.3, -0.25) is 9.59 Å². The third-order valence-corrected chi connectivity index (χ3v) is 6.90. The van der Waals surface area contributed by atoms with Gasteiger partial charge in [0.05, 0.1) is 20.9 Å². The molecule has 0 saturated heterocycles. The van der Waals surface area contributed by atoms with Gasteiger partial charge in [0.1, 0.15) is 0 Å². The van der Waals surface area contributed by atoms with Gasteiger partial charge >= 0.3 is 12.4 Å². The first-order valence-electron chi connectivity index (χ1n) is 9.33. The third-order valence-electron chi connectivity index (χ3n) is 5.04. The molecule has 0 saturated carbocycles. The molecule has 3 aromatic carbocycles. The van der Waals surface area contributed by atoms with Gasteiger partial charge < -0.3 is 5.32 Å². The molecule has 1 N–H and O–H groups in total. The molecule has 0 spiro atoms. The molecule has 1 aliphatic rings. The molecular formula is C22H11F6NO4S. The second kappa shape index (κ2) is 7.69. The third kappa shape index (κ3) is 4.04. The number of anilines is 1. The molecule has 0 atom stereocenters. The van der Waals surface area contributed by atoms with E-state index in [1.54, 1.807) is 0 Å². The monoisotopic (exact) mass is 499 g/mol. The predicted octanol–water partition coefficient (Wildman–Crippen LogP) is 5.35. The molecule has 176 valence electrons. The lowest BCUT2D eigenvalue weighted by molar-refractivity contribution is -0.143. The summed E-state index contributed by atoms with van der Waals surface area (Å²) in [5.74, 6) is -1.78. The summed E-state index contributed by atoms with van der Waals surface area (Å²) in [6.07, 6.45) is -10.2.